The number of rotatable bonds is 6. The van der Waals surface area contributed by atoms with Gasteiger partial charge in [0.25, 0.3) is 0 Å². The minimum Gasteiger partial charge on any atom is -0.491 e. The first kappa shape index (κ1) is 18.9. The van der Waals surface area contributed by atoms with Crippen LogP contribution in [0.5, 0.6) is 5.75 Å². The smallest absolute Gasteiger partial charge is 0.146 e. The van der Waals surface area contributed by atoms with Gasteiger partial charge in [0.05, 0.1) is 12.1 Å². The highest BCUT2D eigenvalue weighted by Crippen LogP contribution is 2.23. The number of aromatic nitrogens is 3. The van der Waals surface area contributed by atoms with Gasteiger partial charge in [-0.25, -0.2) is 0 Å². The molecule has 1 saturated heterocycles. The van der Waals surface area contributed by atoms with E-state index in [4.69, 9.17) is 9.47 Å². The van der Waals surface area contributed by atoms with Crippen molar-refractivity contribution in [3.05, 3.63) is 42.0 Å². The molecule has 1 aliphatic heterocycles. The van der Waals surface area contributed by atoms with Crippen molar-refractivity contribution in [2.75, 3.05) is 19.7 Å². The Hall–Kier alpha value is -1.92. The second-order valence-electron chi connectivity index (χ2n) is 7.98. The highest BCUT2D eigenvalue weighted by molar-refractivity contribution is 5.20. The second kappa shape index (κ2) is 7.76. The van der Waals surface area contributed by atoms with Crippen molar-refractivity contribution < 1.29 is 9.47 Å². The van der Waals surface area contributed by atoms with E-state index in [1.165, 1.54) is 0 Å². The van der Waals surface area contributed by atoms with Gasteiger partial charge in [0.15, 0.2) is 0 Å². The minimum atomic E-state index is -0.220. The molecule has 0 unspecified atom stereocenters. The first-order chi connectivity index (χ1) is 12.3. The maximum atomic E-state index is 6.23. The molecule has 1 atom stereocenters. The third kappa shape index (κ3) is 4.62. The Morgan fingerprint density at radius 3 is 2.62 bits per heavy atom. The van der Waals surface area contributed by atoms with Crippen LogP contribution in [0, 0.1) is 0 Å². The summed E-state index contributed by atoms with van der Waals surface area (Å²) < 4.78 is 14.3. The molecule has 0 saturated carbocycles. The van der Waals surface area contributed by atoms with E-state index in [0.717, 1.165) is 37.0 Å². The molecule has 0 radical (unpaired) electrons. The number of para-hydroxylation sites is 1. The summed E-state index contributed by atoms with van der Waals surface area (Å²) >= 11 is 0. The van der Waals surface area contributed by atoms with Crippen molar-refractivity contribution in [2.24, 2.45) is 7.05 Å². The van der Waals surface area contributed by atoms with Gasteiger partial charge in [-0.15, -0.1) is 10.2 Å². The molecule has 0 N–H and O–H groups in total. The predicted molar refractivity (Wildman–Crippen MR) is 101 cm³/mol. The van der Waals surface area contributed by atoms with E-state index >= 15 is 0 Å². The SMILES string of the molecule is CC(C)c1nnc(CN2C[C@H](COc3ccccc3)OC(C)(C)C2)n1C. The van der Waals surface area contributed by atoms with Crippen LogP contribution in [0.25, 0.3) is 0 Å². The standard InChI is InChI=1S/C20H30N4O2/c1-15(2)19-22-21-18(23(19)5)12-24-11-17(26-20(3,4)14-24)13-25-16-9-7-6-8-10-16/h6-10,15,17H,11-14H2,1-5H3/t17-/m1/s1. The van der Waals surface area contributed by atoms with Crippen LogP contribution in [0.3, 0.4) is 0 Å². The van der Waals surface area contributed by atoms with Gasteiger partial charge in [0.2, 0.25) is 0 Å². The van der Waals surface area contributed by atoms with E-state index in [0.29, 0.717) is 12.5 Å². The van der Waals surface area contributed by atoms with Gasteiger partial charge < -0.3 is 14.0 Å². The fourth-order valence-corrected chi connectivity index (χ4v) is 3.55. The van der Waals surface area contributed by atoms with Gasteiger partial charge in [-0.1, -0.05) is 32.0 Å². The third-order valence-electron chi connectivity index (χ3n) is 4.61. The molecule has 0 spiro atoms. The molecule has 2 aromatic rings. The average molecular weight is 358 g/mol. The van der Waals surface area contributed by atoms with E-state index in [9.17, 15) is 0 Å². The molecule has 6 heteroatoms. The number of hydrogen-bond donors (Lipinski definition) is 0. The van der Waals surface area contributed by atoms with E-state index in [-0.39, 0.29) is 11.7 Å². The molecule has 0 amide bonds. The zero-order valence-electron chi connectivity index (χ0n) is 16.5. The Labute approximate surface area is 156 Å². The van der Waals surface area contributed by atoms with E-state index < -0.39 is 0 Å². The summed E-state index contributed by atoms with van der Waals surface area (Å²) in [5.74, 6) is 3.26. The number of nitrogens with zero attached hydrogens (tertiary/aromatic N) is 4. The van der Waals surface area contributed by atoms with Crippen LogP contribution in [0.15, 0.2) is 30.3 Å². The quantitative estimate of drug-likeness (QED) is 0.794. The number of morpholine rings is 1. The first-order valence-electron chi connectivity index (χ1n) is 9.30. The van der Waals surface area contributed by atoms with Crippen LogP contribution in [-0.4, -0.2) is 51.1 Å². The number of hydrogen-bond acceptors (Lipinski definition) is 5. The molecule has 1 aliphatic rings. The van der Waals surface area contributed by atoms with E-state index in [1.807, 2.05) is 37.4 Å². The molecule has 142 valence electrons. The van der Waals surface area contributed by atoms with Gasteiger partial charge in [-0.3, -0.25) is 4.90 Å². The van der Waals surface area contributed by atoms with Crippen LogP contribution in [0.1, 0.15) is 45.3 Å². The molecule has 1 aromatic heterocycles. The Morgan fingerprint density at radius 1 is 1.23 bits per heavy atom. The maximum absolute atomic E-state index is 6.23. The monoisotopic (exact) mass is 358 g/mol. The number of benzene rings is 1. The maximum Gasteiger partial charge on any atom is 0.146 e. The molecule has 0 aliphatic carbocycles. The molecule has 1 fully saturated rings. The summed E-state index contributed by atoms with van der Waals surface area (Å²) in [5.41, 5.74) is -0.220. The molecular weight excluding hydrogens is 328 g/mol. The third-order valence-corrected chi connectivity index (χ3v) is 4.61. The summed E-state index contributed by atoms with van der Waals surface area (Å²) in [6.45, 7) is 11.5. The fraction of sp³-hybridized carbons (Fsp3) is 0.600. The van der Waals surface area contributed by atoms with Gasteiger partial charge in [0.1, 0.15) is 30.1 Å². The topological polar surface area (TPSA) is 52.4 Å². The van der Waals surface area contributed by atoms with Crippen molar-refractivity contribution in [3.8, 4) is 5.75 Å². The summed E-state index contributed by atoms with van der Waals surface area (Å²) in [5, 5.41) is 8.74. The zero-order chi connectivity index (χ0) is 18.7. The van der Waals surface area contributed by atoms with Crippen molar-refractivity contribution in [1.29, 1.82) is 0 Å². The number of ether oxygens (including phenoxy) is 2. The Kier molecular flexibility index (Phi) is 5.63. The lowest BCUT2D eigenvalue weighted by molar-refractivity contribution is -0.148. The normalized spacial score (nSPS) is 20.5. The average Bonchev–Trinajstić information content (AvgIpc) is 2.93. The Balaban J connectivity index is 1.64. The van der Waals surface area contributed by atoms with Crippen molar-refractivity contribution in [1.82, 2.24) is 19.7 Å². The Bertz CT molecular complexity index is 712. The van der Waals surface area contributed by atoms with Crippen LogP contribution in [0.2, 0.25) is 0 Å². The second-order valence-corrected chi connectivity index (χ2v) is 7.98. The summed E-state index contributed by atoms with van der Waals surface area (Å²) in [6.07, 6.45) is 0.0248. The predicted octanol–water partition coefficient (Wildman–Crippen LogP) is 3.00. The van der Waals surface area contributed by atoms with Crippen molar-refractivity contribution in [2.45, 2.75) is 51.9 Å². The lowest BCUT2D eigenvalue weighted by Crippen LogP contribution is -2.54. The molecular formula is C20H30N4O2. The molecule has 2 heterocycles. The molecule has 1 aromatic carbocycles. The minimum absolute atomic E-state index is 0.0248. The first-order valence-corrected chi connectivity index (χ1v) is 9.30. The Morgan fingerprint density at radius 2 is 1.96 bits per heavy atom. The van der Waals surface area contributed by atoms with Crippen LogP contribution >= 0.6 is 0 Å². The molecule has 6 nitrogen and oxygen atoms in total. The fourth-order valence-electron chi connectivity index (χ4n) is 3.55. The summed E-state index contributed by atoms with van der Waals surface area (Å²) in [4.78, 5) is 2.39. The van der Waals surface area contributed by atoms with Crippen molar-refractivity contribution in [3.63, 3.8) is 0 Å². The molecule has 0 bridgehead atoms. The zero-order valence-corrected chi connectivity index (χ0v) is 16.5. The van der Waals surface area contributed by atoms with E-state index in [2.05, 4.69) is 47.4 Å². The van der Waals surface area contributed by atoms with E-state index in [1.54, 1.807) is 0 Å². The highest BCUT2D eigenvalue weighted by Gasteiger charge is 2.34. The molecule has 3 rings (SSSR count). The van der Waals surface area contributed by atoms with Gasteiger partial charge >= 0.3 is 0 Å². The van der Waals surface area contributed by atoms with Gasteiger partial charge in [-0.05, 0) is 26.0 Å². The van der Waals surface area contributed by atoms with Crippen LogP contribution in [-0.2, 0) is 18.3 Å². The molecule has 26 heavy (non-hydrogen) atoms. The van der Waals surface area contributed by atoms with Gasteiger partial charge in [0, 0.05) is 26.1 Å². The lowest BCUT2D eigenvalue weighted by Gasteiger charge is -2.42. The van der Waals surface area contributed by atoms with Crippen LogP contribution in [0.4, 0.5) is 0 Å². The van der Waals surface area contributed by atoms with Crippen molar-refractivity contribution >= 4 is 0 Å². The highest BCUT2D eigenvalue weighted by atomic mass is 16.5. The van der Waals surface area contributed by atoms with Gasteiger partial charge in [-0.2, -0.15) is 0 Å². The van der Waals surface area contributed by atoms with Crippen LogP contribution < -0.4 is 4.74 Å². The summed E-state index contributed by atoms with van der Waals surface area (Å²) in [7, 11) is 2.05. The lowest BCUT2D eigenvalue weighted by atomic mass is 10.1. The summed E-state index contributed by atoms with van der Waals surface area (Å²) in [6, 6.07) is 9.89. The largest absolute Gasteiger partial charge is 0.491 e.